The van der Waals surface area contributed by atoms with E-state index in [0.29, 0.717) is 6.54 Å². The zero-order valence-corrected chi connectivity index (χ0v) is 16.4. The summed E-state index contributed by atoms with van der Waals surface area (Å²) in [6.45, 7) is 3.56. The van der Waals surface area contributed by atoms with Gasteiger partial charge < -0.3 is 20.1 Å². The van der Waals surface area contributed by atoms with Crippen LogP contribution in [0, 0.1) is 0 Å². The van der Waals surface area contributed by atoms with Crippen LogP contribution in [0.15, 0.2) is 42.5 Å². The van der Waals surface area contributed by atoms with Crippen LogP contribution in [0.3, 0.4) is 0 Å². The largest absolute Gasteiger partial charge is 0.454 e. The molecule has 0 saturated carbocycles. The van der Waals surface area contributed by atoms with Crippen LogP contribution in [0.5, 0.6) is 11.5 Å². The molecule has 148 valence electrons. The number of fused-ring (bicyclic) bond motifs is 1. The number of nitrogens with one attached hydrogen (secondary N) is 2. The molecule has 1 fully saturated rings. The first-order valence-electron chi connectivity index (χ1n) is 9.55. The highest BCUT2D eigenvalue weighted by molar-refractivity contribution is 6.30. The van der Waals surface area contributed by atoms with Gasteiger partial charge in [0.25, 0.3) is 0 Å². The molecular formula is C21H24ClN3O3. The molecule has 0 spiro atoms. The highest BCUT2D eigenvalue weighted by atomic mass is 35.5. The second kappa shape index (κ2) is 8.71. The van der Waals surface area contributed by atoms with Crippen LogP contribution in [0.4, 0.5) is 4.79 Å². The third-order valence-corrected chi connectivity index (χ3v) is 5.38. The Hall–Kier alpha value is -2.44. The number of carbonyl (C=O) groups excluding carboxylic acids is 1. The minimum absolute atomic E-state index is 0.131. The maximum atomic E-state index is 12.2. The average molecular weight is 402 g/mol. The number of amides is 2. The minimum Gasteiger partial charge on any atom is -0.454 e. The summed E-state index contributed by atoms with van der Waals surface area (Å²) >= 11 is 5.94. The summed E-state index contributed by atoms with van der Waals surface area (Å²) in [6.07, 6.45) is 1.90. The second-order valence-corrected chi connectivity index (χ2v) is 7.63. The number of hydrogen-bond donors (Lipinski definition) is 2. The Morgan fingerprint density at radius 2 is 1.75 bits per heavy atom. The van der Waals surface area contributed by atoms with Crippen molar-refractivity contribution in [2.75, 3.05) is 19.9 Å². The summed E-state index contributed by atoms with van der Waals surface area (Å²) in [4.78, 5) is 14.6. The molecule has 0 aromatic heterocycles. The van der Waals surface area contributed by atoms with Crippen LogP contribution >= 0.6 is 11.6 Å². The normalized spacial score (nSPS) is 16.8. The fourth-order valence-corrected chi connectivity index (χ4v) is 3.68. The van der Waals surface area contributed by atoms with Gasteiger partial charge in [0, 0.05) is 37.2 Å². The summed E-state index contributed by atoms with van der Waals surface area (Å²) in [5.74, 6) is 1.48. The quantitative estimate of drug-likeness (QED) is 0.804. The van der Waals surface area contributed by atoms with Gasteiger partial charge in [0.2, 0.25) is 6.79 Å². The highest BCUT2D eigenvalue weighted by Gasteiger charge is 2.21. The molecule has 0 radical (unpaired) electrons. The van der Waals surface area contributed by atoms with E-state index >= 15 is 0 Å². The van der Waals surface area contributed by atoms with Gasteiger partial charge in [0.1, 0.15) is 0 Å². The zero-order chi connectivity index (χ0) is 19.3. The Labute approximate surface area is 169 Å². The van der Waals surface area contributed by atoms with E-state index in [2.05, 4.69) is 27.7 Å². The number of ether oxygens (including phenoxy) is 2. The topological polar surface area (TPSA) is 62.8 Å². The molecule has 2 aromatic rings. The molecular weight excluding hydrogens is 378 g/mol. The predicted octanol–water partition coefficient (Wildman–Crippen LogP) is 3.53. The highest BCUT2D eigenvalue weighted by Crippen LogP contribution is 2.32. The molecule has 7 heteroatoms. The molecule has 2 aliphatic rings. The molecule has 2 aliphatic heterocycles. The third kappa shape index (κ3) is 4.88. The van der Waals surface area contributed by atoms with Gasteiger partial charge in [-0.1, -0.05) is 29.8 Å². The van der Waals surface area contributed by atoms with Gasteiger partial charge in [-0.3, -0.25) is 4.90 Å². The van der Waals surface area contributed by atoms with Crippen LogP contribution in [0.25, 0.3) is 0 Å². The number of piperidine rings is 1. The summed E-state index contributed by atoms with van der Waals surface area (Å²) in [5.41, 5.74) is 2.24. The maximum Gasteiger partial charge on any atom is 0.315 e. The molecule has 2 amide bonds. The van der Waals surface area contributed by atoms with Crippen LogP contribution in [0.1, 0.15) is 24.0 Å². The lowest BCUT2D eigenvalue weighted by atomic mass is 10.0. The number of carbonyl (C=O) groups is 1. The first-order chi connectivity index (χ1) is 13.7. The molecule has 0 bridgehead atoms. The van der Waals surface area contributed by atoms with E-state index in [1.807, 2.05) is 30.3 Å². The Bertz CT molecular complexity index is 820. The molecule has 2 heterocycles. The van der Waals surface area contributed by atoms with Crippen molar-refractivity contribution in [2.24, 2.45) is 0 Å². The lowest BCUT2D eigenvalue weighted by Crippen LogP contribution is -2.47. The zero-order valence-electron chi connectivity index (χ0n) is 15.6. The van der Waals surface area contributed by atoms with E-state index in [-0.39, 0.29) is 18.9 Å². The van der Waals surface area contributed by atoms with Crippen molar-refractivity contribution < 1.29 is 14.3 Å². The molecule has 0 unspecified atom stereocenters. The molecule has 4 rings (SSSR count). The lowest BCUT2D eigenvalue weighted by molar-refractivity contribution is 0.174. The third-order valence-electron chi connectivity index (χ3n) is 5.13. The van der Waals surface area contributed by atoms with E-state index in [9.17, 15) is 4.79 Å². The predicted molar refractivity (Wildman–Crippen MR) is 108 cm³/mol. The van der Waals surface area contributed by atoms with Gasteiger partial charge in [0.15, 0.2) is 11.5 Å². The molecule has 2 N–H and O–H groups in total. The first-order valence-corrected chi connectivity index (χ1v) is 9.93. The lowest BCUT2D eigenvalue weighted by Gasteiger charge is -2.32. The molecule has 0 aliphatic carbocycles. The monoisotopic (exact) mass is 401 g/mol. The standard InChI is InChI=1S/C21H24ClN3O3/c22-17-4-1-15(2-5-17)13-25-9-7-18(8-10-25)24-21(26)23-12-16-3-6-19-20(11-16)28-14-27-19/h1-6,11,18H,7-10,12-14H2,(H2,23,24,26). The minimum atomic E-state index is -0.131. The summed E-state index contributed by atoms with van der Waals surface area (Å²) in [6, 6.07) is 13.8. The average Bonchev–Trinajstić information content (AvgIpc) is 3.17. The number of rotatable bonds is 5. The fraction of sp³-hybridized carbons (Fsp3) is 0.381. The number of hydrogen-bond acceptors (Lipinski definition) is 4. The van der Waals surface area contributed by atoms with Gasteiger partial charge in [-0.25, -0.2) is 4.79 Å². The summed E-state index contributed by atoms with van der Waals surface area (Å²) < 4.78 is 10.7. The van der Waals surface area contributed by atoms with Crippen molar-refractivity contribution in [1.29, 1.82) is 0 Å². The number of benzene rings is 2. The van der Waals surface area contributed by atoms with Crippen molar-refractivity contribution in [1.82, 2.24) is 15.5 Å². The molecule has 1 saturated heterocycles. The van der Waals surface area contributed by atoms with E-state index < -0.39 is 0 Å². The van der Waals surface area contributed by atoms with Crippen LogP contribution in [-0.2, 0) is 13.1 Å². The Balaban J connectivity index is 1.18. The smallest absolute Gasteiger partial charge is 0.315 e. The summed E-state index contributed by atoms with van der Waals surface area (Å²) in [5, 5.41) is 6.77. The van der Waals surface area contributed by atoms with Crippen LogP contribution in [-0.4, -0.2) is 36.9 Å². The van der Waals surface area contributed by atoms with Gasteiger partial charge in [0.05, 0.1) is 0 Å². The van der Waals surface area contributed by atoms with Crippen LogP contribution < -0.4 is 20.1 Å². The van der Waals surface area contributed by atoms with E-state index in [0.717, 1.165) is 54.6 Å². The maximum absolute atomic E-state index is 12.2. The van der Waals surface area contributed by atoms with Crippen LogP contribution in [0.2, 0.25) is 5.02 Å². The number of halogens is 1. The van der Waals surface area contributed by atoms with Crippen molar-refractivity contribution in [3.05, 3.63) is 58.6 Å². The van der Waals surface area contributed by atoms with Crippen molar-refractivity contribution >= 4 is 17.6 Å². The van der Waals surface area contributed by atoms with Crippen molar-refractivity contribution in [3.63, 3.8) is 0 Å². The fourth-order valence-electron chi connectivity index (χ4n) is 3.55. The van der Waals surface area contributed by atoms with Gasteiger partial charge in [-0.15, -0.1) is 0 Å². The van der Waals surface area contributed by atoms with Gasteiger partial charge in [-0.2, -0.15) is 0 Å². The first kappa shape index (κ1) is 18.9. The number of nitrogens with zero attached hydrogens (tertiary/aromatic N) is 1. The molecule has 2 aromatic carbocycles. The Morgan fingerprint density at radius 3 is 2.54 bits per heavy atom. The SMILES string of the molecule is O=C(NCc1ccc2c(c1)OCO2)NC1CCN(Cc2ccc(Cl)cc2)CC1. The number of urea groups is 1. The Kier molecular flexibility index (Phi) is 5.88. The van der Waals surface area contributed by atoms with Crippen molar-refractivity contribution in [3.8, 4) is 11.5 Å². The van der Waals surface area contributed by atoms with E-state index in [1.165, 1.54) is 5.56 Å². The molecule has 0 atom stereocenters. The van der Waals surface area contributed by atoms with Gasteiger partial charge in [-0.05, 0) is 48.2 Å². The van der Waals surface area contributed by atoms with Crippen molar-refractivity contribution in [2.45, 2.75) is 32.0 Å². The Morgan fingerprint density at radius 1 is 1.04 bits per heavy atom. The summed E-state index contributed by atoms with van der Waals surface area (Å²) in [7, 11) is 0. The molecule has 28 heavy (non-hydrogen) atoms. The van der Waals surface area contributed by atoms with Gasteiger partial charge >= 0.3 is 6.03 Å². The number of likely N-dealkylation sites (tertiary alicyclic amines) is 1. The van der Waals surface area contributed by atoms with E-state index in [1.54, 1.807) is 0 Å². The van der Waals surface area contributed by atoms with E-state index in [4.69, 9.17) is 21.1 Å². The second-order valence-electron chi connectivity index (χ2n) is 7.19. The molecule has 6 nitrogen and oxygen atoms in total.